The molecular weight excluding hydrogens is 468 g/mol. The van der Waals surface area contributed by atoms with Gasteiger partial charge in [-0.3, -0.25) is 20.0 Å². The molecule has 2 amide bonds. The van der Waals surface area contributed by atoms with E-state index in [2.05, 4.69) is 22.4 Å². The molecule has 0 saturated carbocycles. The fraction of sp³-hybridized carbons (Fsp3) is 0.310. The SMILES string of the molecule is CC(C)(O)C(=O)N1CCc2ccc(-c3cncc(C(=N)c4ccc5c(c4)OCCNC5=O)c3)cc2CC1. The first kappa shape index (κ1) is 24.6. The fourth-order valence-electron chi connectivity index (χ4n) is 4.80. The van der Waals surface area contributed by atoms with Gasteiger partial charge in [-0.1, -0.05) is 24.3 Å². The third-order valence-electron chi connectivity index (χ3n) is 6.84. The van der Waals surface area contributed by atoms with E-state index in [4.69, 9.17) is 10.1 Å². The lowest BCUT2D eigenvalue weighted by molar-refractivity contribution is -0.147. The van der Waals surface area contributed by atoms with Gasteiger partial charge in [-0.05, 0) is 61.6 Å². The summed E-state index contributed by atoms with van der Waals surface area (Å²) in [5.74, 6) is 0.0500. The number of amides is 2. The number of ether oxygens (including phenoxy) is 1. The molecule has 3 heterocycles. The minimum absolute atomic E-state index is 0.176. The second kappa shape index (κ2) is 9.78. The van der Waals surface area contributed by atoms with Crippen molar-refractivity contribution in [3.05, 3.63) is 82.7 Å². The highest BCUT2D eigenvalue weighted by Gasteiger charge is 2.30. The molecule has 8 heteroatoms. The standard InChI is InChI=1S/C29H30N4O4/c1-29(2,36)28(35)33-10-7-18-3-4-19(13-20(18)8-11-33)22-14-23(17-31-16-22)26(30)21-5-6-24-25(15-21)37-12-9-32-27(24)34/h3-6,13-17,30,36H,7-12H2,1-2H3,(H,32,34). The molecule has 0 unspecified atom stereocenters. The number of hydrogen-bond acceptors (Lipinski definition) is 6. The van der Waals surface area contributed by atoms with Gasteiger partial charge in [-0.25, -0.2) is 0 Å². The summed E-state index contributed by atoms with van der Waals surface area (Å²) in [4.78, 5) is 30.9. The molecule has 2 aliphatic rings. The molecule has 0 atom stereocenters. The number of hydrogen-bond donors (Lipinski definition) is 3. The van der Waals surface area contributed by atoms with Gasteiger partial charge >= 0.3 is 0 Å². The van der Waals surface area contributed by atoms with Crippen molar-refractivity contribution in [2.24, 2.45) is 0 Å². The third-order valence-corrected chi connectivity index (χ3v) is 6.84. The number of rotatable bonds is 4. The average molecular weight is 499 g/mol. The van der Waals surface area contributed by atoms with Crippen molar-refractivity contribution < 1.29 is 19.4 Å². The second-order valence-corrected chi connectivity index (χ2v) is 9.99. The Bertz CT molecular complexity index is 1390. The minimum atomic E-state index is -1.38. The molecule has 0 aliphatic carbocycles. The fourth-order valence-corrected chi connectivity index (χ4v) is 4.80. The Kier molecular flexibility index (Phi) is 6.52. The first-order valence-corrected chi connectivity index (χ1v) is 12.4. The van der Waals surface area contributed by atoms with Crippen LogP contribution >= 0.6 is 0 Å². The van der Waals surface area contributed by atoms with E-state index >= 15 is 0 Å². The second-order valence-electron chi connectivity index (χ2n) is 9.99. The van der Waals surface area contributed by atoms with Gasteiger partial charge < -0.3 is 20.1 Å². The van der Waals surface area contributed by atoms with Crippen molar-refractivity contribution in [3.63, 3.8) is 0 Å². The molecule has 190 valence electrons. The van der Waals surface area contributed by atoms with Crippen LogP contribution in [0.5, 0.6) is 5.75 Å². The van der Waals surface area contributed by atoms with E-state index in [0.717, 1.165) is 17.5 Å². The number of carbonyl (C=O) groups excluding carboxylic acids is 2. The largest absolute Gasteiger partial charge is 0.491 e. The molecule has 3 aromatic rings. The lowest BCUT2D eigenvalue weighted by atomic mass is 9.95. The molecule has 0 fully saturated rings. The van der Waals surface area contributed by atoms with Crippen LogP contribution in [0.15, 0.2) is 54.9 Å². The highest BCUT2D eigenvalue weighted by atomic mass is 16.5. The normalized spacial score (nSPS) is 15.4. The molecule has 0 spiro atoms. The number of fused-ring (bicyclic) bond motifs is 2. The van der Waals surface area contributed by atoms with Crippen molar-refractivity contribution in [1.29, 1.82) is 5.41 Å². The molecule has 0 bridgehead atoms. The van der Waals surface area contributed by atoms with Gasteiger partial charge in [0.1, 0.15) is 18.0 Å². The van der Waals surface area contributed by atoms with E-state index in [0.29, 0.717) is 60.8 Å². The number of aromatic nitrogens is 1. The van der Waals surface area contributed by atoms with Crippen LogP contribution in [-0.2, 0) is 17.6 Å². The summed E-state index contributed by atoms with van der Waals surface area (Å²) in [5, 5.41) is 21.7. The molecule has 37 heavy (non-hydrogen) atoms. The maximum Gasteiger partial charge on any atom is 0.255 e. The predicted octanol–water partition coefficient (Wildman–Crippen LogP) is 2.99. The molecule has 1 aromatic heterocycles. The molecule has 0 radical (unpaired) electrons. The summed E-state index contributed by atoms with van der Waals surface area (Å²) < 4.78 is 5.71. The van der Waals surface area contributed by atoms with E-state index in [1.807, 2.05) is 12.1 Å². The number of nitrogens with zero attached hydrogens (tertiary/aromatic N) is 2. The average Bonchev–Trinajstić information content (AvgIpc) is 3.22. The van der Waals surface area contributed by atoms with Crippen LogP contribution in [0.2, 0.25) is 0 Å². The highest BCUT2D eigenvalue weighted by Crippen LogP contribution is 2.28. The summed E-state index contributed by atoms with van der Waals surface area (Å²) in [5.41, 5.74) is 4.93. The lowest BCUT2D eigenvalue weighted by Gasteiger charge is -2.27. The van der Waals surface area contributed by atoms with Crippen molar-refractivity contribution in [3.8, 4) is 16.9 Å². The number of carbonyl (C=O) groups is 2. The van der Waals surface area contributed by atoms with Gasteiger partial charge in [0.15, 0.2) is 0 Å². The topological polar surface area (TPSA) is 116 Å². The number of aliphatic hydroxyl groups is 1. The van der Waals surface area contributed by atoms with Crippen molar-refractivity contribution in [2.75, 3.05) is 26.2 Å². The van der Waals surface area contributed by atoms with Gasteiger partial charge in [0.2, 0.25) is 0 Å². The summed E-state index contributed by atoms with van der Waals surface area (Å²) in [7, 11) is 0. The molecular formula is C29H30N4O4. The quantitative estimate of drug-likeness (QED) is 0.479. The first-order valence-electron chi connectivity index (χ1n) is 12.4. The van der Waals surface area contributed by atoms with Gasteiger partial charge in [0.05, 0.1) is 17.8 Å². The van der Waals surface area contributed by atoms with Crippen LogP contribution < -0.4 is 10.1 Å². The third kappa shape index (κ3) is 5.11. The Morgan fingerprint density at radius 1 is 1.03 bits per heavy atom. The van der Waals surface area contributed by atoms with Crippen molar-refractivity contribution in [2.45, 2.75) is 32.3 Å². The maximum absolute atomic E-state index is 12.6. The summed E-state index contributed by atoms with van der Waals surface area (Å²) in [6.07, 6.45) is 4.88. The van der Waals surface area contributed by atoms with Gasteiger partial charge in [-0.2, -0.15) is 0 Å². The van der Waals surface area contributed by atoms with Crippen LogP contribution in [0.3, 0.4) is 0 Å². The first-order chi connectivity index (χ1) is 17.7. The van der Waals surface area contributed by atoms with Crippen LogP contribution in [0.25, 0.3) is 11.1 Å². The van der Waals surface area contributed by atoms with Gasteiger partial charge in [0.25, 0.3) is 11.8 Å². The molecule has 2 aromatic carbocycles. The number of benzene rings is 2. The van der Waals surface area contributed by atoms with E-state index in [9.17, 15) is 14.7 Å². The van der Waals surface area contributed by atoms with Crippen LogP contribution in [0, 0.1) is 5.41 Å². The Hall–Kier alpha value is -4.04. The molecule has 2 aliphatic heterocycles. The zero-order chi connectivity index (χ0) is 26.2. The van der Waals surface area contributed by atoms with Gasteiger partial charge in [0, 0.05) is 42.2 Å². The van der Waals surface area contributed by atoms with E-state index < -0.39 is 5.60 Å². The minimum Gasteiger partial charge on any atom is -0.491 e. The Labute approximate surface area is 215 Å². The predicted molar refractivity (Wildman–Crippen MR) is 140 cm³/mol. The molecule has 3 N–H and O–H groups in total. The summed E-state index contributed by atoms with van der Waals surface area (Å²) in [6, 6.07) is 13.4. The van der Waals surface area contributed by atoms with E-state index in [-0.39, 0.29) is 11.8 Å². The van der Waals surface area contributed by atoms with Gasteiger partial charge in [-0.15, -0.1) is 0 Å². The van der Waals surface area contributed by atoms with Crippen LogP contribution in [0.1, 0.15) is 46.5 Å². The Balaban J connectivity index is 1.38. The van der Waals surface area contributed by atoms with Crippen LogP contribution in [-0.4, -0.2) is 64.4 Å². The number of nitrogens with one attached hydrogen (secondary N) is 2. The zero-order valence-corrected chi connectivity index (χ0v) is 21.0. The molecule has 0 saturated heterocycles. The Morgan fingerprint density at radius 3 is 2.59 bits per heavy atom. The van der Waals surface area contributed by atoms with E-state index in [1.54, 1.807) is 35.5 Å². The van der Waals surface area contributed by atoms with Crippen molar-refractivity contribution in [1.82, 2.24) is 15.2 Å². The number of pyridine rings is 1. The van der Waals surface area contributed by atoms with E-state index in [1.165, 1.54) is 25.0 Å². The molecule has 8 nitrogen and oxygen atoms in total. The maximum atomic E-state index is 12.6. The van der Waals surface area contributed by atoms with Crippen molar-refractivity contribution >= 4 is 17.5 Å². The highest BCUT2D eigenvalue weighted by molar-refractivity contribution is 6.12. The van der Waals surface area contributed by atoms with Crippen LogP contribution in [0.4, 0.5) is 0 Å². The Morgan fingerprint density at radius 2 is 1.81 bits per heavy atom. The zero-order valence-electron chi connectivity index (χ0n) is 21.0. The lowest BCUT2D eigenvalue weighted by Crippen LogP contribution is -2.46. The summed E-state index contributed by atoms with van der Waals surface area (Å²) in [6.45, 7) is 5.02. The summed E-state index contributed by atoms with van der Waals surface area (Å²) >= 11 is 0. The smallest absolute Gasteiger partial charge is 0.255 e. The molecule has 5 rings (SSSR count). The monoisotopic (exact) mass is 498 g/mol.